The van der Waals surface area contributed by atoms with Gasteiger partial charge in [0.25, 0.3) is 5.91 Å². The maximum Gasteiger partial charge on any atom is 0.255 e. The van der Waals surface area contributed by atoms with Crippen LogP contribution in [-0.4, -0.2) is 21.4 Å². The number of aryl methyl sites for hydroxylation is 1. The standard InChI is InChI=1S/C15H15IN2O3S/c1-10-9-12(16)5-8-14(10)18-15(19)11-3-6-13(7-4-11)22(20,21)17-2/h3-9,17H,1-2H3,(H,18,19). The molecule has 116 valence electrons. The van der Waals surface area contributed by atoms with E-state index in [1.165, 1.54) is 31.3 Å². The summed E-state index contributed by atoms with van der Waals surface area (Å²) in [5, 5.41) is 2.82. The zero-order valence-corrected chi connectivity index (χ0v) is 15.0. The van der Waals surface area contributed by atoms with Crippen LogP contribution in [0.4, 0.5) is 5.69 Å². The third-order valence-electron chi connectivity index (χ3n) is 3.13. The van der Waals surface area contributed by atoms with Crippen LogP contribution < -0.4 is 10.0 Å². The van der Waals surface area contributed by atoms with E-state index in [2.05, 4.69) is 32.6 Å². The molecule has 2 rings (SSSR count). The molecule has 7 heteroatoms. The molecule has 5 nitrogen and oxygen atoms in total. The number of carbonyl (C=O) groups excluding carboxylic acids is 1. The molecular weight excluding hydrogens is 415 g/mol. The normalized spacial score (nSPS) is 11.2. The van der Waals surface area contributed by atoms with Crippen molar-refractivity contribution in [3.05, 3.63) is 57.2 Å². The predicted molar refractivity (Wildman–Crippen MR) is 94.5 cm³/mol. The first-order chi connectivity index (χ1) is 10.3. The number of carbonyl (C=O) groups is 1. The van der Waals surface area contributed by atoms with Crippen molar-refractivity contribution in [2.75, 3.05) is 12.4 Å². The SMILES string of the molecule is CNS(=O)(=O)c1ccc(C(=O)Nc2ccc(I)cc2C)cc1. The van der Waals surface area contributed by atoms with Gasteiger partial charge in [-0.05, 0) is 84.6 Å². The van der Waals surface area contributed by atoms with E-state index < -0.39 is 10.0 Å². The van der Waals surface area contributed by atoms with Crippen LogP contribution in [0.3, 0.4) is 0 Å². The fourth-order valence-corrected chi connectivity index (χ4v) is 3.24. The van der Waals surface area contributed by atoms with Gasteiger partial charge in [-0.25, -0.2) is 13.1 Å². The monoisotopic (exact) mass is 430 g/mol. The topological polar surface area (TPSA) is 75.3 Å². The maximum atomic E-state index is 12.2. The van der Waals surface area contributed by atoms with Gasteiger partial charge in [-0.2, -0.15) is 0 Å². The lowest BCUT2D eigenvalue weighted by Crippen LogP contribution is -2.19. The van der Waals surface area contributed by atoms with Gasteiger partial charge in [0.15, 0.2) is 0 Å². The molecule has 0 saturated carbocycles. The summed E-state index contributed by atoms with van der Waals surface area (Å²) in [6.45, 7) is 1.92. The van der Waals surface area contributed by atoms with Crippen molar-refractivity contribution >= 4 is 44.2 Å². The molecule has 0 atom stereocenters. The Bertz CT molecular complexity index is 802. The van der Waals surface area contributed by atoms with Crippen LogP contribution in [-0.2, 0) is 10.0 Å². The van der Waals surface area contributed by atoms with Crippen LogP contribution >= 0.6 is 22.6 Å². The van der Waals surface area contributed by atoms with Gasteiger partial charge in [-0.3, -0.25) is 4.79 Å². The van der Waals surface area contributed by atoms with Gasteiger partial charge in [-0.1, -0.05) is 0 Å². The first-order valence-corrected chi connectivity index (χ1v) is 9.01. The zero-order valence-electron chi connectivity index (χ0n) is 12.1. The molecule has 2 aromatic rings. The highest BCUT2D eigenvalue weighted by Crippen LogP contribution is 2.19. The molecule has 0 spiro atoms. The van der Waals surface area contributed by atoms with Gasteiger partial charge < -0.3 is 5.32 Å². The van der Waals surface area contributed by atoms with Gasteiger partial charge in [-0.15, -0.1) is 0 Å². The quantitative estimate of drug-likeness (QED) is 0.733. The Morgan fingerprint density at radius 3 is 2.27 bits per heavy atom. The van der Waals surface area contributed by atoms with E-state index in [-0.39, 0.29) is 10.8 Å². The van der Waals surface area contributed by atoms with E-state index in [4.69, 9.17) is 0 Å². The molecule has 0 heterocycles. The second kappa shape index (κ2) is 6.76. The van der Waals surface area contributed by atoms with Crippen molar-refractivity contribution in [1.29, 1.82) is 0 Å². The molecule has 0 aliphatic carbocycles. The number of sulfonamides is 1. The number of amides is 1. The van der Waals surface area contributed by atoms with Crippen molar-refractivity contribution in [1.82, 2.24) is 4.72 Å². The summed E-state index contributed by atoms with van der Waals surface area (Å²) < 4.78 is 26.6. The summed E-state index contributed by atoms with van der Waals surface area (Å²) in [4.78, 5) is 12.3. The van der Waals surface area contributed by atoms with Crippen LogP contribution in [0.1, 0.15) is 15.9 Å². The van der Waals surface area contributed by atoms with Crippen molar-refractivity contribution < 1.29 is 13.2 Å². The number of rotatable bonds is 4. The Morgan fingerprint density at radius 2 is 1.73 bits per heavy atom. The Balaban J connectivity index is 2.20. The van der Waals surface area contributed by atoms with Crippen molar-refractivity contribution in [3.63, 3.8) is 0 Å². The lowest BCUT2D eigenvalue weighted by atomic mass is 10.1. The van der Waals surface area contributed by atoms with Gasteiger partial charge in [0.2, 0.25) is 10.0 Å². The zero-order chi connectivity index (χ0) is 16.3. The molecule has 0 saturated heterocycles. The van der Waals surface area contributed by atoms with E-state index in [0.717, 1.165) is 14.8 Å². The molecule has 2 N–H and O–H groups in total. The van der Waals surface area contributed by atoms with E-state index >= 15 is 0 Å². The number of hydrogen-bond donors (Lipinski definition) is 2. The van der Waals surface area contributed by atoms with Crippen molar-refractivity contribution in [3.8, 4) is 0 Å². The lowest BCUT2D eigenvalue weighted by molar-refractivity contribution is 0.102. The van der Waals surface area contributed by atoms with E-state index in [9.17, 15) is 13.2 Å². The van der Waals surface area contributed by atoms with Crippen LogP contribution in [0.25, 0.3) is 0 Å². The Labute approximate surface area is 143 Å². The number of anilines is 1. The molecule has 0 aromatic heterocycles. The molecule has 0 aliphatic heterocycles. The van der Waals surface area contributed by atoms with E-state index in [0.29, 0.717) is 5.56 Å². The number of halogens is 1. The lowest BCUT2D eigenvalue weighted by Gasteiger charge is -2.09. The largest absolute Gasteiger partial charge is 0.322 e. The fraction of sp³-hybridized carbons (Fsp3) is 0.133. The minimum Gasteiger partial charge on any atom is -0.322 e. The van der Waals surface area contributed by atoms with Crippen molar-refractivity contribution in [2.45, 2.75) is 11.8 Å². The molecule has 22 heavy (non-hydrogen) atoms. The second-order valence-corrected chi connectivity index (χ2v) is 7.78. The summed E-state index contributed by atoms with van der Waals surface area (Å²) in [6, 6.07) is 11.5. The summed E-state index contributed by atoms with van der Waals surface area (Å²) in [5.41, 5.74) is 2.10. The number of hydrogen-bond acceptors (Lipinski definition) is 3. The second-order valence-electron chi connectivity index (χ2n) is 4.65. The highest BCUT2D eigenvalue weighted by atomic mass is 127. The van der Waals surface area contributed by atoms with Crippen LogP contribution in [0.2, 0.25) is 0 Å². The van der Waals surface area contributed by atoms with Crippen LogP contribution in [0.15, 0.2) is 47.4 Å². The van der Waals surface area contributed by atoms with E-state index in [1.807, 2.05) is 25.1 Å². The molecular formula is C15H15IN2O3S. The maximum absolute atomic E-state index is 12.2. The third-order valence-corrected chi connectivity index (χ3v) is 5.23. The highest BCUT2D eigenvalue weighted by molar-refractivity contribution is 14.1. The molecule has 0 aliphatic rings. The van der Waals surface area contributed by atoms with E-state index in [1.54, 1.807) is 0 Å². The minimum absolute atomic E-state index is 0.122. The molecule has 0 radical (unpaired) electrons. The summed E-state index contributed by atoms with van der Waals surface area (Å²) in [5.74, 6) is -0.280. The van der Waals surface area contributed by atoms with Crippen molar-refractivity contribution in [2.24, 2.45) is 0 Å². The average Bonchev–Trinajstić information content (AvgIpc) is 2.50. The highest BCUT2D eigenvalue weighted by Gasteiger charge is 2.13. The minimum atomic E-state index is -3.49. The van der Waals surface area contributed by atoms with Crippen LogP contribution in [0, 0.1) is 10.5 Å². The number of nitrogens with one attached hydrogen (secondary N) is 2. The average molecular weight is 430 g/mol. The first-order valence-electron chi connectivity index (χ1n) is 6.44. The predicted octanol–water partition coefficient (Wildman–Crippen LogP) is 2.76. The molecule has 0 fully saturated rings. The first kappa shape index (κ1) is 16.9. The van der Waals surface area contributed by atoms with Gasteiger partial charge in [0, 0.05) is 14.8 Å². The van der Waals surface area contributed by atoms with Gasteiger partial charge >= 0.3 is 0 Å². The molecule has 2 aromatic carbocycles. The molecule has 1 amide bonds. The summed E-state index contributed by atoms with van der Waals surface area (Å²) in [6.07, 6.45) is 0. The number of benzene rings is 2. The summed E-state index contributed by atoms with van der Waals surface area (Å²) in [7, 11) is -2.15. The molecule has 0 unspecified atom stereocenters. The Kier molecular flexibility index (Phi) is 5.20. The third kappa shape index (κ3) is 3.84. The van der Waals surface area contributed by atoms with Gasteiger partial charge in [0.05, 0.1) is 4.90 Å². The Hall–Kier alpha value is -1.45. The molecule has 0 bridgehead atoms. The summed E-state index contributed by atoms with van der Waals surface area (Å²) >= 11 is 2.21. The Morgan fingerprint density at radius 1 is 1.09 bits per heavy atom. The smallest absolute Gasteiger partial charge is 0.255 e. The van der Waals surface area contributed by atoms with Gasteiger partial charge in [0.1, 0.15) is 0 Å². The fourth-order valence-electron chi connectivity index (χ4n) is 1.87. The van der Waals surface area contributed by atoms with Crippen LogP contribution in [0.5, 0.6) is 0 Å².